The number of nitrogens with two attached hydrogens (primary N) is 1. The van der Waals surface area contributed by atoms with Gasteiger partial charge in [-0.1, -0.05) is 17.7 Å². The van der Waals surface area contributed by atoms with E-state index in [9.17, 15) is 4.79 Å². The van der Waals surface area contributed by atoms with Crippen LogP contribution in [0.3, 0.4) is 0 Å². The van der Waals surface area contributed by atoms with Gasteiger partial charge in [-0.15, -0.1) is 0 Å². The van der Waals surface area contributed by atoms with Crippen molar-refractivity contribution in [3.63, 3.8) is 0 Å². The highest BCUT2D eigenvalue weighted by Crippen LogP contribution is 2.25. The van der Waals surface area contributed by atoms with Crippen molar-refractivity contribution in [2.45, 2.75) is 26.5 Å². The molecule has 0 amide bonds. The lowest BCUT2D eigenvalue weighted by atomic mass is 10.2. The molecule has 5 heteroatoms. The van der Waals surface area contributed by atoms with Crippen LogP contribution in [0.4, 0.5) is 0 Å². The molecule has 0 saturated carbocycles. The quantitative estimate of drug-likeness (QED) is 0.821. The van der Waals surface area contributed by atoms with Crippen molar-refractivity contribution < 1.29 is 14.3 Å². The average Bonchev–Trinajstić information content (AvgIpc) is 2.26. The van der Waals surface area contributed by atoms with Gasteiger partial charge in [0.2, 0.25) is 0 Å². The van der Waals surface area contributed by atoms with Crippen LogP contribution >= 0.6 is 11.6 Å². The third kappa shape index (κ3) is 4.63. The first-order valence-corrected chi connectivity index (χ1v) is 5.71. The number of esters is 1. The van der Waals surface area contributed by atoms with E-state index in [1.165, 1.54) is 0 Å². The van der Waals surface area contributed by atoms with Gasteiger partial charge in [-0.25, -0.2) is 4.79 Å². The lowest BCUT2D eigenvalue weighted by molar-refractivity contribution is -0.149. The van der Waals surface area contributed by atoms with Gasteiger partial charge in [0, 0.05) is 6.54 Å². The maximum Gasteiger partial charge on any atom is 0.344 e. The lowest BCUT2D eigenvalue weighted by Gasteiger charge is -2.10. The molecule has 0 bridgehead atoms. The molecule has 1 rings (SSSR count). The fourth-order valence-electron chi connectivity index (χ4n) is 1.22. The Bertz CT molecular complexity index is 393. The van der Waals surface area contributed by atoms with Gasteiger partial charge in [-0.2, -0.15) is 0 Å². The fourth-order valence-corrected chi connectivity index (χ4v) is 1.48. The Kier molecular flexibility index (Phi) is 5.25. The summed E-state index contributed by atoms with van der Waals surface area (Å²) in [4.78, 5) is 11.3. The first-order chi connectivity index (χ1) is 8.02. The number of carbonyl (C=O) groups excluding carboxylic acids is 1. The lowest BCUT2D eigenvalue weighted by Crippen LogP contribution is -2.18. The maximum atomic E-state index is 11.3. The third-order valence-electron chi connectivity index (χ3n) is 1.94. The van der Waals surface area contributed by atoms with Crippen molar-refractivity contribution in [1.82, 2.24) is 0 Å². The van der Waals surface area contributed by atoms with Crippen LogP contribution in [-0.2, 0) is 16.1 Å². The van der Waals surface area contributed by atoms with Gasteiger partial charge in [0.1, 0.15) is 5.75 Å². The molecule has 0 saturated heterocycles. The average molecular weight is 258 g/mol. The molecule has 0 aliphatic rings. The van der Waals surface area contributed by atoms with Crippen LogP contribution in [0.1, 0.15) is 19.4 Å². The summed E-state index contributed by atoms with van der Waals surface area (Å²) in [7, 11) is 0. The molecule has 0 aromatic heterocycles. The van der Waals surface area contributed by atoms with E-state index in [4.69, 9.17) is 26.8 Å². The van der Waals surface area contributed by atoms with Gasteiger partial charge in [-0.05, 0) is 31.5 Å². The van der Waals surface area contributed by atoms with Crippen molar-refractivity contribution in [3.05, 3.63) is 28.8 Å². The maximum absolute atomic E-state index is 11.3. The summed E-state index contributed by atoms with van der Waals surface area (Å²) >= 11 is 5.96. The standard InChI is InChI=1S/C12H16ClNO3/c1-8(2)17-12(15)7-16-11-4-3-9(6-14)5-10(11)13/h3-5,8H,6-7,14H2,1-2H3. The third-order valence-corrected chi connectivity index (χ3v) is 2.24. The molecule has 0 atom stereocenters. The minimum atomic E-state index is -0.418. The van der Waals surface area contributed by atoms with Crippen LogP contribution in [0.25, 0.3) is 0 Å². The Hall–Kier alpha value is -1.26. The zero-order chi connectivity index (χ0) is 12.8. The number of halogens is 1. The van der Waals surface area contributed by atoms with E-state index in [0.29, 0.717) is 17.3 Å². The van der Waals surface area contributed by atoms with E-state index in [1.807, 2.05) is 0 Å². The second-order valence-corrected chi connectivity index (χ2v) is 4.20. The van der Waals surface area contributed by atoms with E-state index in [2.05, 4.69) is 0 Å². The molecule has 94 valence electrons. The molecule has 0 aliphatic heterocycles. The Balaban J connectivity index is 2.55. The van der Waals surface area contributed by atoms with Crippen LogP contribution in [0.2, 0.25) is 5.02 Å². The minimum Gasteiger partial charge on any atom is -0.480 e. The van der Waals surface area contributed by atoms with Gasteiger partial charge in [0.15, 0.2) is 6.61 Å². The van der Waals surface area contributed by atoms with E-state index >= 15 is 0 Å². The molecule has 1 aromatic carbocycles. The molecule has 4 nitrogen and oxygen atoms in total. The summed E-state index contributed by atoms with van der Waals surface area (Å²) in [5.41, 5.74) is 6.38. The molecule has 2 N–H and O–H groups in total. The van der Waals surface area contributed by atoms with Crippen LogP contribution in [0.15, 0.2) is 18.2 Å². The molecule has 17 heavy (non-hydrogen) atoms. The van der Waals surface area contributed by atoms with Crippen molar-refractivity contribution in [2.75, 3.05) is 6.61 Å². The topological polar surface area (TPSA) is 61.5 Å². The summed E-state index contributed by atoms with van der Waals surface area (Å²) in [6.45, 7) is 3.82. The molecule has 0 heterocycles. The summed E-state index contributed by atoms with van der Waals surface area (Å²) in [5, 5.41) is 0.435. The Morgan fingerprint density at radius 3 is 2.71 bits per heavy atom. The highest BCUT2D eigenvalue weighted by molar-refractivity contribution is 6.32. The number of ether oxygens (including phenoxy) is 2. The number of carbonyl (C=O) groups is 1. The highest BCUT2D eigenvalue weighted by Gasteiger charge is 2.08. The summed E-state index contributed by atoms with van der Waals surface area (Å²) < 4.78 is 10.2. The molecule has 0 radical (unpaired) electrons. The number of benzene rings is 1. The summed E-state index contributed by atoms with van der Waals surface area (Å²) in [6, 6.07) is 5.20. The van der Waals surface area contributed by atoms with E-state index in [0.717, 1.165) is 5.56 Å². The zero-order valence-corrected chi connectivity index (χ0v) is 10.7. The first kappa shape index (κ1) is 13.8. The number of hydrogen-bond acceptors (Lipinski definition) is 4. The number of rotatable bonds is 5. The van der Waals surface area contributed by atoms with Gasteiger partial charge in [-0.3, -0.25) is 0 Å². The van der Waals surface area contributed by atoms with Gasteiger partial charge >= 0.3 is 5.97 Å². The molecule has 0 aliphatic carbocycles. The van der Waals surface area contributed by atoms with Crippen LogP contribution in [0, 0.1) is 0 Å². The summed E-state index contributed by atoms with van der Waals surface area (Å²) in [5.74, 6) is 0.0311. The molecule has 1 aromatic rings. The Morgan fingerprint density at radius 2 is 2.18 bits per heavy atom. The number of hydrogen-bond donors (Lipinski definition) is 1. The molecule has 0 unspecified atom stereocenters. The van der Waals surface area contributed by atoms with Crippen LogP contribution < -0.4 is 10.5 Å². The van der Waals surface area contributed by atoms with Gasteiger partial charge in [0.25, 0.3) is 0 Å². The van der Waals surface area contributed by atoms with Crippen LogP contribution in [-0.4, -0.2) is 18.7 Å². The molecule has 0 spiro atoms. The molecule has 0 fully saturated rings. The second kappa shape index (κ2) is 6.47. The molecular weight excluding hydrogens is 242 g/mol. The summed E-state index contributed by atoms with van der Waals surface area (Å²) in [6.07, 6.45) is -0.152. The second-order valence-electron chi connectivity index (χ2n) is 3.80. The van der Waals surface area contributed by atoms with Crippen molar-refractivity contribution in [2.24, 2.45) is 5.73 Å². The smallest absolute Gasteiger partial charge is 0.344 e. The van der Waals surface area contributed by atoms with Crippen LogP contribution in [0.5, 0.6) is 5.75 Å². The predicted octanol–water partition coefficient (Wildman–Crippen LogP) is 2.13. The normalized spacial score (nSPS) is 10.4. The highest BCUT2D eigenvalue weighted by atomic mass is 35.5. The minimum absolute atomic E-state index is 0.152. The van der Waals surface area contributed by atoms with Crippen molar-refractivity contribution in [3.8, 4) is 5.75 Å². The van der Waals surface area contributed by atoms with E-state index in [1.54, 1.807) is 32.0 Å². The van der Waals surface area contributed by atoms with E-state index < -0.39 is 5.97 Å². The van der Waals surface area contributed by atoms with Gasteiger partial charge in [0.05, 0.1) is 11.1 Å². The Labute approximate surface area is 106 Å². The largest absolute Gasteiger partial charge is 0.480 e. The van der Waals surface area contributed by atoms with Crippen molar-refractivity contribution >= 4 is 17.6 Å². The SMILES string of the molecule is CC(C)OC(=O)COc1ccc(CN)cc1Cl. The Morgan fingerprint density at radius 1 is 1.47 bits per heavy atom. The predicted molar refractivity (Wildman–Crippen MR) is 66.1 cm³/mol. The van der Waals surface area contributed by atoms with E-state index in [-0.39, 0.29) is 12.7 Å². The zero-order valence-electron chi connectivity index (χ0n) is 9.90. The van der Waals surface area contributed by atoms with Gasteiger partial charge < -0.3 is 15.2 Å². The molecular formula is C12H16ClNO3. The fraction of sp³-hybridized carbons (Fsp3) is 0.417. The monoisotopic (exact) mass is 257 g/mol. The first-order valence-electron chi connectivity index (χ1n) is 5.33. The van der Waals surface area contributed by atoms with Crippen molar-refractivity contribution in [1.29, 1.82) is 0 Å².